The van der Waals surface area contributed by atoms with Gasteiger partial charge >= 0.3 is 0 Å². The van der Waals surface area contributed by atoms with E-state index >= 15 is 0 Å². The van der Waals surface area contributed by atoms with Gasteiger partial charge in [0.05, 0.1) is 6.61 Å². The Hall–Kier alpha value is -1.32. The number of hydrogen-bond donors (Lipinski definition) is 1. The zero-order valence-electron chi connectivity index (χ0n) is 9.66. The summed E-state index contributed by atoms with van der Waals surface area (Å²) in [6, 6.07) is 1.67. The number of nitrogens with zero attached hydrogens (tertiary/aromatic N) is 2. The van der Waals surface area contributed by atoms with Crippen LogP contribution in [0.25, 0.3) is 0 Å². The second-order valence-corrected chi connectivity index (χ2v) is 4.00. The molecular weight excluding hydrogens is 190 g/mol. The Labute approximate surface area is 90.9 Å². The van der Waals surface area contributed by atoms with Crippen LogP contribution in [-0.2, 0) is 6.42 Å². The number of ether oxygens (including phenoxy) is 1. The fourth-order valence-corrected chi connectivity index (χ4v) is 1.15. The predicted molar refractivity (Wildman–Crippen MR) is 60.8 cm³/mol. The molecule has 0 aliphatic carbocycles. The molecule has 0 atom stereocenters. The Kier molecular flexibility index (Phi) is 4.34. The number of aromatic nitrogens is 2. The third kappa shape index (κ3) is 4.14. The molecule has 0 bridgehead atoms. The zero-order chi connectivity index (χ0) is 11.3. The number of rotatable bonds is 5. The molecule has 1 aromatic heterocycles. The monoisotopic (exact) mass is 209 g/mol. The Morgan fingerprint density at radius 2 is 2.13 bits per heavy atom. The molecule has 0 saturated heterocycles. The normalized spacial score (nSPS) is 10.7. The molecule has 84 valence electrons. The van der Waals surface area contributed by atoms with E-state index in [-0.39, 0.29) is 0 Å². The van der Waals surface area contributed by atoms with Gasteiger partial charge in [-0.05, 0) is 12.3 Å². The standard InChI is InChI=1S/C11H19N3O/c1-4-5-10-13-9(12)6-11(14-10)15-7-8(2)3/h6,8H,4-5,7H2,1-3H3,(H2,12,13,14). The van der Waals surface area contributed by atoms with Gasteiger partial charge in [0.15, 0.2) is 0 Å². The van der Waals surface area contributed by atoms with Gasteiger partial charge in [0.25, 0.3) is 0 Å². The Morgan fingerprint density at radius 1 is 1.40 bits per heavy atom. The van der Waals surface area contributed by atoms with Crippen molar-refractivity contribution in [2.24, 2.45) is 5.92 Å². The van der Waals surface area contributed by atoms with Crippen molar-refractivity contribution in [1.82, 2.24) is 9.97 Å². The Morgan fingerprint density at radius 3 is 2.73 bits per heavy atom. The van der Waals surface area contributed by atoms with Crippen molar-refractivity contribution in [2.75, 3.05) is 12.3 Å². The molecule has 1 heterocycles. The summed E-state index contributed by atoms with van der Waals surface area (Å²) in [4.78, 5) is 8.42. The number of nitrogen functional groups attached to an aromatic ring is 1. The highest BCUT2D eigenvalue weighted by atomic mass is 16.5. The van der Waals surface area contributed by atoms with Crippen LogP contribution in [0.5, 0.6) is 5.88 Å². The molecule has 0 fully saturated rings. The minimum atomic E-state index is 0.479. The largest absolute Gasteiger partial charge is 0.477 e. The Balaban J connectivity index is 2.70. The van der Waals surface area contributed by atoms with Crippen LogP contribution in [0.2, 0.25) is 0 Å². The fourth-order valence-electron chi connectivity index (χ4n) is 1.15. The molecule has 2 N–H and O–H groups in total. The summed E-state index contributed by atoms with van der Waals surface area (Å²) in [6.45, 7) is 6.93. The fraction of sp³-hybridized carbons (Fsp3) is 0.636. The molecule has 0 aliphatic rings. The van der Waals surface area contributed by atoms with Crippen LogP contribution in [0, 0.1) is 5.92 Å². The molecule has 0 radical (unpaired) electrons. The van der Waals surface area contributed by atoms with Crippen molar-refractivity contribution in [3.05, 3.63) is 11.9 Å². The molecule has 0 spiro atoms. The summed E-state index contributed by atoms with van der Waals surface area (Å²) >= 11 is 0. The highest BCUT2D eigenvalue weighted by Gasteiger charge is 2.03. The van der Waals surface area contributed by atoms with Crippen LogP contribution in [0.1, 0.15) is 33.0 Å². The van der Waals surface area contributed by atoms with E-state index in [1.165, 1.54) is 0 Å². The molecule has 4 heteroatoms. The molecule has 0 unspecified atom stereocenters. The van der Waals surface area contributed by atoms with Crippen molar-refractivity contribution >= 4 is 5.82 Å². The summed E-state index contributed by atoms with van der Waals surface area (Å²) in [5, 5.41) is 0. The molecule has 15 heavy (non-hydrogen) atoms. The second-order valence-electron chi connectivity index (χ2n) is 4.00. The average molecular weight is 209 g/mol. The second kappa shape index (κ2) is 5.53. The smallest absolute Gasteiger partial charge is 0.218 e. The van der Waals surface area contributed by atoms with E-state index in [1.54, 1.807) is 6.07 Å². The molecule has 0 amide bonds. The van der Waals surface area contributed by atoms with Gasteiger partial charge in [-0.3, -0.25) is 0 Å². The molecular formula is C11H19N3O. The van der Waals surface area contributed by atoms with E-state index in [0.29, 0.717) is 24.2 Å². The summed E-state index contributed by atoms with van der Waals surface area (Å²) in [5.41, 5.74) is 5.66. The maximum Gasteiger partial charge on any atom is 0.218 e. The molecule has 0 aromatic carbocycles. The van der Waals surface area contributed by atoms with Crippen molar-refractivity contribution in [3.63, 3.8) is 0 Å². The van der Waals surface area contributed by atoms with Gasteiger partial charge in [0.2, 0.25) is 5.88 Å². The minimum Gasteiger partial charge on any atom is -0.477 e. The van der Waals surface area contributed by atoms with Crippen molar-refractivity contribution in [3.8, 4) is 5.88 Å². The van der Waals surface area contributed by atoms with Crippen LogP contribution in [0.4, 0.5) is 5.82 Å². The first-order chi connectivity index (χ1) is 7.11. The van der Waals surface area contributed by atoms with Crippen LogP contribution < -0.4 is 10.5 Å². The van der Waals surface area contributed by atoms with E-state index < -0.39 is 0 Å². The summed E-state index contributed by atoms with van der Waals surface area (Å²) in [7, 11) is 0. The topological polar surface area (TPSA) is 61.0 Å². The van der Waals surface area contributed by atoms with Gasteiger partial charge in [0, 0.05) is 12.5 Å². The number of aryl methyl sites for hydroxylation is 1. The van der Waals surface area contributed by atoms with E-state index in [2.05, 4.69) is 30.7 Å². The van der Waals surface area contributed by atoms with Crippen molar-refractivity contribution in [2.45, 2.75) is 33.6 Å². The number of anilines is 1. The first kappa shape index (κ1) is 11.8. The third-order valence-corrected chi connectivity index (χ3v) is 1.81. The number of nitrogens with two attached hydrogens (primary N) is 1. The Bertz CT molecular complexity index is 313. The van der Waals surface area contributed by atoms with Gasteiger partial charge in [0.1, 0.15) is 11.6 Å². The SMILES string of the molecule is CCCc1nc(N)cc(OCC(C)C)n1. The first-order valence-corrected chi connectivity index (χ1v) is 5.38. The van der Waals surface area contributed by atoms with E-state index in [4.69, 9.17) is 10.5 Å². The highest BCUT2D eigenvalue weighted by Crippen LogP contribution is 2.12. The van der Waals surface area contributed by atoms with Crippen molar-refractivity contribution in [1.29, 1.82) is 0 Å². The zero-order valence-corrected chi connectivity index (χ0v) is 9.66. The first-order valence-electron chi connectivity index (χ1n) is 5.38. The van der Waals surface area contributed by atoms with E-state index in [0.717, 1.165) is 18.7 Å². The molecule has 0 saturated carbocycles. The minimum absolute atomic E-state index is 0.479. The summed E-state index contributed by atoms with van der Waals surface area (Å²) < 4.78 is 5.50. The molecule has 1 rings (SSSR count). The van der Waals surface area contributed by atoms with Gasteiger partial charge in [-0.2, -0.15) is 4.98 Å². The maximum absolute atomic E-state index is 5.66. The molecule has 4 nitrogen and oxygen atoms in total. The molecule has 0 aliphatic heterocycles. The van der Waals surface area contributed by atoms with Crippen LogP contribution in [0.3, 0.4) is 0 Å². The highest BCUT2D eigenvalue weighted by molar-refractivity contribution is 5.32. The van der Waals surface area contributed by atoms with Crippen LogP contribution >= 0.6 is 0 Å². The lowest BCUT2D eigenvalue weighted by atomic mass is 10.2. The molecule has 1 aromatic rings. The third-order valence-electron chi connectivity index (χ3n) is 1.81. The maximum atomic E-state index is 5.66. The van der Waals surface area contributed by atoms with Crippen LogP contribution in [0.15, 0.2) is 6.07 Å². The summed E-state index contributed by atoms with van der Waals surface area (Å²) in [6.07, 6.45) is 1.84. The van der Waals surface area contributed by atoms with Gasteiger partial charge in [-0.15, -0.1) is 0 Å². The predicted octanol–water partition coefficient (Wildman–Crippen LogP) is 2.05. The van der Waals surface area contributed by atoms with E-state index in [9.17, 15) is 0 Å². The van der Waals surface area contributed by atoms with Crippen molar-refractivity contribution < 1.29 is 4.74 Å². The number of hydrogen-bond acceptors (Lipinski definition) is 4. The summed E-state index contributed by atoms with van der Waals surface area (Å²) in [5.74, 6) is 2.30. The van der Waals surface area contributed by atoms with Gasteiger partial charge in [-0.1, -0.05) is 20.8 Å². The van der Waals surface area contributed by atoms with Gasteiger partial charge in [-0.25, -0.2) is 4.98 Å². The lowest BCUT2D eigenvalue weighted by Gasteiger charge is -2.09. The quantitative estimate of drug-likeness (QED) is 0.806. The lowest BCUT2D eigenvalue weighted by Crippen LogP contribution is -2.08. The average Bonchev–Trinajstić information content (AvgIpc) is 2.14. The van der Waals surface area contributed by atoms with E-state index in [1.807, 2.05) is 0 Å². The lowest BCUT2D eigenvalue weighted by molar-refractivity contribution is 0.260. The van der Waals surface area contributed by atoms with Crippen LogP contribution in [-0.4, -0.2) is 16.6 Å². The van der Waals surface area contributed by atoms with Gasteiger partial charge < -0.3 is 10.5 Å².